The second-order valence-corrected chi connectivity index (χ2v) is 5.46. The molecule has 0 saturated carbocycles. The lowest BCUT2D eigenvalue weighted by Gasteiger charge is -2.32. The van der Waals surface area contributed by atoms with E-state index < -0.39 is 11.9 Å². The van der Waals surface area contributed by atoms with Gasteiger partial charge in [-0.1, -0.05) is 13.8 Å². The molecule has 1 unspecified atom stereocenters. The molecule has 1 aliphatic heterocycles. The maximum Gasteiger partial charge on any atom is 0.317 e. The van der Waals surface area contributed by atoms with Crippen LogP contribution in [0.25, 0.3) is 0 Å². The summed E-state index contributed by atoms with van der Waals surface area (Å²) in [5.74, 6) is -1.23. The summed E-state index contributed by atoms with van der Waals surface area (Å²) in [6.07, 6.45) is 1.42. The van der Waals surface area contributed by atoms with E-state index in [1.165, 1.54) is 0 Å². The Morgan fingerprint density at radius 2 is 2.05 bits per heavy atom. The molecule has 20 heavy (non-hydrogen) atoms. The van der Waals surface area contributed by atoms with Gasteiger partial charge >= 0.3 is 12.0 Å². The monoisotopic (exact) mass is 285 g/mol. The number of piperidine rings is 1. The number of amides is 2. The Morgan fingerprint density at radius 3 is 2.60 bits per heavy atom. The molecule has 1 rings (SSSR count). The van der Waals surface area contributed by atoms with Crippen molar-refractivity contribution in [1.82, 2.24) is 15.1 Å². The molecule has 116 valence electrons. The van der Waals surface area contributed by atoms with Gasteiger partial charge in [0.05, 0.1) is 5.92 Å². The third kappa shape index (κ3) is 5.00. The number of hydrogen-bond acceptors (Lipinski definition) is 3. The number of carboxylic acids is 1. The zero-order chi connectivity index (χ0) is 15.1. The number of urea groups is 1. The maximum atomic E-state index is 12.1. The minimum Gasteiger partial charge on any atom is -0.481 e. The molecule has 0 aromatic carbocycles. The summed E-state index contributed by atoms with van der Waals surface area (Å²) in [5, 5.41) is 12.0. The van der Waals surface area contributed by atoms with Gasteiger partial charge in [-0.05, 0) is 32.9 Å². The molecular weight excluding hydrogens is 258 g/mol. The molecule has 1 aliphatic rings. The zero-order valence-electron chi connectivity index (χ0n) is 12.8. The Balaban J connectivity index is 2.43. The normalized spacial score (nSPS) is 20.8. The maximum absolute atomic E-state index is 12.1. The van der Waals surface area contributed by atoms with Crippen LogP contribution in [0.1, 0.15) is 33.6 Å². The first-order valence-corrected chi connectivity index (χ1v) is 7.48. The Bertz CT molecular complexity index is 332. The number of likely N-dealkylation sites (tertiary alicyclic amines) is 1. The SMILES string of the molecule is CCN(CC)CC(C)NC(=O)N1CCC[C@H](C(=O)O)C1. The number of hydrogen-bond donors (Lipinski definition) is 2. The first-order chi connectivity index (χ1) is 9.47. The molecule has 0 radical (unpaired) electrons. The quantitative estimate of drug-likeness (QED) is 0.769. The number of likely N-dealkylation sites (N-methyl/N-ethyl adjacent to an activating group) is 1. The van der Waals surface area contributed by atoms with E-state index in [0.29, 0.717) is 19.5 Å². The molecule has 6 heteroatoms. The Kier molecular flexibility index (Phi) is 6.78. The van der Waals surface area contributed by atoms with Gasteiger partial charge in [0.2, 0.25) is 0 Å². The molecule has 1 fully saturated rings. The average molecular weight is 285 g/mol. The molecule has 0 spiro atoms. The second kappa shape index (κ2) is 8.09. The lowest BCUT2D eigenvalue weighted by Crippen LogP contribution is -2.51. The Morgan fingerprint density at radius 1 is 1.40 bits per heavy atom. The van der Waals surface area contributed by atoms with Crippen molar-refractivity contribution in [2.75, 3.05) is 32.7 Å². The van der Waals surface area contributed by atoms with Crippen molar-refractivity contribution >= 4 is 12.0 Å². The molecule has 2 atom stereocenters. The summed E-state index contributed by atoms with van der Waals surface area (Å²) in [7, 11) is 0. The Hall–Kier alpha value is -1.30. The van der Waals surface area contributed by atoms with Crippen LogP contribution >= 0.6 is 0 Å². The predicted molar refractivity (Wildman–Crippen MR) is 77.7 cm³/mol. The zero-order valence-corrected chi connectivity index (χ0v) is 12.8. The van der Waals surface area contributed by atoms with E-state index >= 15 is 0 Å². The summed E-state index contributed by atoms with van der Waals surface area (Å²) < 4.78 is 0. The molecule has 0 aliphatic carbocycles. The molecule has 6 nitrogen and oxygen atoms in total. The molecule has 0 bridgehead atoms. The van der Waals surface area contributed by atoms with Crippen LogP contribution in [0.3, 0.4) is 0 Å². The summed E-state index contributed by atoms with van der Waals surface area (Å²) in [5.41, 5.74) is 0. The van der Waals surface area contributed by atoms with Crippen molar-refractivity contribution < 1.29 is 14.7 Å². The lowest BCUT2D eigenvalue weighted by atomic mass is 9.99. The number of nitrogens with zero attached hydrogens (tertiary/aromatic N) is 2. The molecule has 2 amide bonds. The molecular formula is C14H27N3O3. The van der Waals surface area contributed by atoms with Crippen LogP contribution in [0.15, 0.2) is 0 Å². The van der Waals surface area contributed by atoms with Crippen molar-refractivity contribution in [3.05, 3.63) is 0 Å². The first kappa shape index (κ1) is 16.8. The van der Waals surface area contributed by atoms with E-state index in [4.69, 9.17) is 5.11 Å². The fraction of sp³-hybridized carbons (Fsp3) is 0.857. The number of carbonyl (C=O) groups is 2. The van der Waals surface area contributed by atoms with Gasteiger partial charge in [0.1, 0.15) is 0 Å². The van der Waals surface area contributed by atoms with Crippen LogP contribution < -0.4 is 5.32 Å². The minimum atomic E-state index is -0.807. The predicted octanol–water partition coefficient (Wildman–Crippen LogP) is 1.22. The van der Waals surface area contributed by atoms with Crippen molar-refractivity contribution in [3.63, 3.8) is 0 Å². The number of carboxylic acid groups (broad SMARTS) is 1. The van der Waals surface area contributed by atoms with Gasteiger partial charge in [0, 0.05) is 25.7 Å². The highest BCUT2D eigenvalue weighted by Crippen LogP contribution is 2.16. The largest absolute Gasteiger partial charge is 0.481 e. The minimum absolute atomic E-state index is 0.0626. The summed E-state index contributed by atoms with van der Waals surface area (Å²) in [4.78, 5) is 27.0. The van der Waals surface area contributed by atoms with Gasteiger partial charge in [0.25, 0.3) is 0 Å². The van der Waals surface area contributed by atoms with Gasteiger partial charge in [-0.25, -0.2) is 4.79 Å². The fourth-order valence-electron chi connectivity index (χ4n) is 2.58. The third-order valence-electron chi connectivity index (χ3n) is 3.85. The van der Waals surface area contributed by atoms with Crippen LogP contribution in [0.4, 0.5) is 4.79 Å². The van der Waals surface area contributed by atoms with Crippen molar-refractivity contribution in [1.29, 1.82) is 0 Å². The molecule has 1 heterocycles. The molecule has 0 aromatic rings. The van der Waals surface area contributed by atoms with Crippen LogP contribution in [0, 0.1) is 5.92 Å². The number of nitrogens with one attached hydrogen (secondary N) is 1. The number of rotatable bonds is 6. The van der Waals surface area contributed by atoms with Crippen LogP contribution in [0.5, 0.6) is 0 Å². The molecule has 2 N–H and O–H groups in total. The highest BCUT2D eigenvalue weighted by molar-refractivity contribution is 5.76. The van der Waals surface area contributed by atoms with Crippen molar-refractivity contribution in [3.8, 4) is 0 Å². The van der Waals surface area contributed by atoms with E-state index in [-0.39, 0.29) is 12.1 Å². The highest BCUT2D eigenvalue weighted by atomic mass is 16.4. The summed E-state index contributed by atoms with van der Waals surface area (Å²) in [6.45, 7) is 9.87. The number of carbonyl (C=O) groups excluding carboxylic acids is 1. The van der Waals surface area contributed by atoms with Crippen LogP contribution in [0.2, 0.25) is 0 Å². The summed E-state index contributed by atoms with van der Waals surface area (Å²) >= 11 is 0. The number of aliphatic carboxylic acids is 1. The van der Waals surface area contributed by atoms with Gasteiger partial charge in [0.15, 0.2) is 0 Å². The molecule has 0 aromatic heterocycles. The topological polar surface area (TPSA) is 72.9 Å². The van der Waals surface area contributed by atoms with Crippen molar-refractivity contribution in [2.45, 2.75) is 39.7 Å². The van der Waals surface area contributed by atoms with E-state index in [0.717, 1.165) is 26.1 Å². The van der Waals surface area contributed by atoms with E-state index in [1.54, 1.807) is 4.90 Å². The highest BCUT2D eigenvalue weighted by Gasteiger charge is 2.28. The van der Waals surface area contributed by atoms with E-state index in [9.17, 15) is 9.59 Å². The van der Waals surface area contributed by atoms with E-state index in [1.807, 2.05) is 6.92 Å². The van der Waals surface area contributed by atoms with Gasteiger partial charge in [-0.3, -0.25) is 4.79 Å². The average Bonchev–Trinajstić information content (AvgIpc) is 2.44. The second-order valence-electron chi connectivity index (χ2n) is 5.46. The smallest absolute Gasteiger partial charge is 0.317 e. The lowest BCUT2D eigenvalue weighted by molar-refractivity contribution is -0.143. The first-order valence-electron chi connectivity index (χ1n) is 7.48. The molecule has 1 saturated heterocycles. The van der Waals surface area contributed by atoms with Gasteiger partial charge in [-0.15, -0.1) is 0 Å². The standard InChI is InChI=1S/C14H27N3O3/c1-4-16(5-2)9-11(3)15-14(20)17-8-6-7-12(10-17)13(18)19/h11-12H,4-10H2,1-3H3,(H,15,20)(H,18,19)/t11?,12-/m0/s1. The van der Waals surface area contributed by atoms with Crippen LogP contribution in [-0.2, 0) is 4.79 Å². The summed E-state index contributed by atoms with van der Waals surface area (Å²) in [6, 6.07) is -0.0804. The van der Waals surface area contributed by atoms with E-state index in [2.05, 4.69) is 24.1 Å². The van der Waals surface area contributed by atoms with Crippen molar-refractivity contribution in [2.24, 2.45) is 5.92 Å². The van der Waals surface area contributed by atoms with Crippen LogP contribution in [-0.4, -0.2) is 65.7 Å². The fourth-order valence-corrected chi connectivity index (χ4v) is 2.58. The Labute approximate surface area is 121 Å². The third-order valence-corrected chi connectivity index (χ3v) is 3.85. The van der Waals surface area contributed by atoms with Gasteiger partial charge in [-0.2, -0.15) is 0 Å². The van der Waals surface area contributed by atoms with Gasteiger partial charge < -0.3 is 20.2 Å².